The summed E-state index contributed by atoms with van der Waals surface area (Å²) in [5.74, 6) is 9.65. The molecule has 464 valence electrons. The summed E-state index contributed by atoms with van der Waals surface area (Å²) in [5, 5.41) is 23.7. The van der Waals surface area contributed by atoms with E-state index in [9.17, 15) is 0 Å². The van der Waals surface area contributed by atoms with Gasteiger partial charge in [0.25, 0.3) is 0 Å². The summed E-state index contributed by atoms with van der Waals surface area (Å²) < 4.78 is 8.92. The Morgan fingerprint density at radius 1 is 0.346 bits per heavy atom. The second-order valence-electron chi connectivity index (χ2n) is 25.2. The summed E-state index contributed by atoms with van der Waals surface area (Å²) in [6.07, 6.45) is 15.0. The predicted octanol–water partition coefficient (Wildman–Crippen LogP) is 24.4. The van der Waals surface area contributed by atoms with Gasteiger partial charge in [0.2, 0.25) is 0 Å². The fraction of sp³-hybridized carbons (Fsp3) is 0.691. The van der Waals surface area contributed by atoms with Gasteiger partial charge in [-0.15, -0.1) is 0 Å². The lowest BCUT2D eigenvalue weighted by Crippen LogP contribution is -1.85. The van der Waals surface area contributed by atoms with Crippen LogP contribution in [-0.2, 0) is 0 Å². The first kappa shape index (κ1) is 99.1. The van der Waals surface area contributed by atoms with Crippen molar-refractivity contribution in [2.75, 3.05) is 0 Å². The zero-order valence-electron chi connectivity index (χ0n) is 58.4. The van der Waals surface area contributed by atoms with E-state index in [2.05, 4.69) is 287 Å². The van der Waals surface area contributed by atoms with E-state index in [1.807, 2.05) is 59.3 Å². The predicted molar refractivity (Wildman–Crippen MR) is 358 cm³/mol. The zero-order valence-corrected chi connectivity index (χ0v) is 59.3. The van der Waals surface area contributed by atoms with Crippen molar-refractivity contribution in [3.8, 4) is 0 Å². The topological polar surface area (TPSA) is 122 Å². The maximum absolute atomic E-state index is 4.58. The van der Waals surface area contributed by atoms with Crippen molar-refractivity contribution >= 4 is 11.3 Å². The molecule has 0 unspecified atom stereocenters. The van der Waals surface area contributed by atoms with E-state index in [-0.39, 0.29) is 0 Å². The van der Waals surface area contributed by atoms with Crippen LogP contribution in [0.5, 0.6) is 0 Å². The summed E-state index contributed by atoms with van der Waals surface area (Å²) in [6, 6.07) is 17.0. The van der Waals surface area contributed by atoms with E-state index in [0.717, 1.165) is 70.8 Å². The van der Waals surface area contributed by atoms with Gasteiger partial charge in [0, 0.05) is 24.8 Å². The van der Waals surface area contributed by atoms with Gasteiger partial charge < -0.3 is 8.94 Å². The number of hydrogen-bond donors (Lipinski definition) is 2. The summed E-state index contributed by atoms with van der Waals surface area (Å²) in [6.45, 7) is 75.7. The fourth-order valence-corrected chi connectivity index (χ4v) is 2.10. The summed E-state index contributed by atoms with van der Waals surface area (Å²) in [7, 11) is 0. The minimum Gasteiger partial charge on any atom is -0.473 e. The van der Waals surface area contributed by atoms with E-state index in [0.29, 0.717) is 5.92 Å². The minimum atomic E-state index is 0.480. The van der Waals surface area contributed by atoms with Crippen molar-refractivity contribution in [1.82, 2.24) is 35.7 Å². The van der Waals surface area contributed by atoms with Crippen LogP contribution in [-0.4, -0.2) is 35.7 Å². The quantitative estimate of drug-likeness (QED) is 0.168. The molecule has 10 heteroatoms. The molecule has 0 aromatic carbocycles. The van der Waals surface area contributed by atoms with E-state index in [1.165, 1.54) is 6.26 Å². The van der Waals surface area contributed by atoms with E-state index in [1.54, 1.807) is 67.1 Å². The third kappa shape index (κ3) is 335. The molecule has 0 radical (unpaired) electrons. The van der Waals surface area contributed by atoms with Gasteiger partial charge in [-0.25, -0.2) is 0 Å². The molecule has 2 N–H and O–H groups in total. The molecule has 0 aliphatic heterocycles. The van der Waals surface area contributed by atoms with E-state index < -0.39 is 0 Å². The lowest BCUT2D eigenvalue weighted by Gasteiger charge is -1.92. The number of thiophene rings is 1. The first-order valence-electron chi connectivity index (χ1n) is 29.3. The molecular weight excluding hydrogens is 979 g/mol. The third-order valence-corrected chi connectivity index (χ3v) is 3.82. The zero-order chi connectivity index (χ0) is 63.7. The van der Waals surface area contributed by atoms with E-state index in [4.69, 9.17) is 0 Å². The first-order valence-corrected chi connectivity index (χ1v) is 30.2. The lowest BCUT2D eigenvalue weighted by atomic mass is 10.2. The van der Waals surface area contributed by atoms with Crippen LogP contribution in [0.1, 0.15) is 254 Å². The molecule has 6 heterocycles. The molecule has 0 bridgehead atoms. The average Bonchev–Trinajstić information content (AvgIpc) is 4.12. The van der Waals surface area contributed by atoms with Crippen LogP contribution >= 0.6 is 11.3 Å². The Hall–Kier alpha value is -4.31. The smallest absolute Gasteiger partial charge is 0.123 e. The number of H-pyrrole nitrogens is 2. The number of pyridine rings is 1. The molecular formula is C68H139N7O2S. The van der Waals surface area contributed by atoms with E-state index >= 15 is 0 Å². The lowest BCUT2D eigenvalue weighted by molar-refractivity contribution is 0.420. The van der Waals surface area contributed by atoms with Crippen molar-refractivity contribution < 1.29 is 8.94 Å². The van der Waals surface area contributed by atoms with Gasteiger partial charge in [0.1, 0.15) is 6.26 Å². The highest BCUT2D eigenvalue weighted by Crippen LogP contribution is 2.06. The number of furan rings is 1. The maximum Gasteiger partial charge on any atom is 0.123 e. The average molecular weight is 1120 g/mol. The largest absolute Gasteiger partial charge is 0.473 e. The van der Waals surface area contributed by atoms with Crippen LogP contribution in [0.2, 0.25) is 0 Å². The van der Waals surface area contributed by atoms with Crippen LogP contribution in [0.15, 0.2) is 130 Å². The summed E-state index contributed by atoms with van der Waals surface area (Å²) in [5.41, 5.74) is 1.02. The molecule has 0 atom stereocenters. The Morgan fingerprint density at radius 3 is 0.769 bits per heavy atom. The summed E-state index contributed by atoms with van der Waals surface area (Å²) in [4.78, 5) is 3.78. The normalized spacial score (nSPS) is 8.81. The second-order valence-corrected chi connectivity index (χ2v) is 26.0. The Morgan fingerprint density at radius 2 is 0.679 bits per heavy atom. The standard InChI is InChI=1S/C5H9N3.C5H5N.C4H4O.C4H4S.11C4H10.C3H4N2.C3H3NO/c1-4(2)5-3-6-8-7-5;1-2-4-6-5-3-1;2*1-2-4-5-3-1;11*1-4(2)3;2*1-2-4-5-3-1/h3-4H,1-2H3,(H,6,7,8);1-5H;2*1-4H;11*4H,1-3H3;1-3H,(H,4,5);1-3H. The molecule has 0 saturated heterocycles. The van der Waals surface area contributed by atoms with Gasteiger partial charge in [-0.05, 0) is 118 Å². The van der Waals surface area contributed by atoms with Crippen molar-refractivity contribution in [2.24, 2.45) is 65.1 Å². The second kappa shape index (κ2) is 89.3. The van der Waals surface area contributed by atoms with Crippen molar-refractivity contribution in [1.29, 1.82) is 0 Å². The van der Waals surface area contributed by atoms with Gasteiger partial charge in [-0.1, -0.05) is 266 Å². The van der Waals surface area contributed by atoms with Crippen molar-refractivity contribution in [3.63, 3.8) is 0 Å². The molecule has 6 aromatic heterocycles. The van der Waals surface area contributed by atoms with Crippen molar-refractivity contribution in [3.05, 3.63) is 127 Å². The highest BCUT2D eigenvalue weighted by atomic mass is 32.1. The molecule has 0 saturated carbocycles. The van der Waals surface area contributed by atoms with Crippen LogP contribution < -0.4 is 0 Å². The number of aromatic nitrogens is 7. The minimum absolute atomic E-state index is 0.480. The fourth-order valence-electron chi connectivity index (χ4n) is 1.65. The molecule has 0 aliphatic rings. The van der Waals surface area contributed by atoms with Crippen LogP contribution in [0, 0.1) is 65.1 Å². The Labute approximate surface area is 494 Å². The highest BCUT2D eigenvalue weighted by Gasteiger charge is 1.98. The Kier molecular flexibility index (Phi) is 113. The monoisotopic (exact) mass is 1120 g/mol. The van der Waals surface area contributed by atoms with Gasteiger partial charge >= 0.3 is 0 Å². The maximum atomic E-state index is 4.58. The molecule has 0 spiro atoms. The molecule has 6 rings (SSSR count). The van der Waals surface area contributed by atoms with Crippen LogP contribution in [0.4, 0.5) is 0 Å². The Bertz CT molecular complexity index is 1200. The number of aromatic amines is 2. The number of nitrogens with one attached hydrogen (secondary N) is 2. The van der Waals surface area contributed by atoms with Crippen molar-refractivity contribution in [2.45, 2.75) is 248 Å². The van der Waals surface area contributed by atoms with Gasteiger partial charge in [0.15, 0.2) is 0 Å². The third-order valence-electron chi connectivity index (χ3n) is 3.20. The molecule has 6 aromatic rings. The molecule has 9 nitrogen and oxygen atoms in total. The molecule has 78 heavy (non-hydrogen) atoms. The van der Waals surface area contributed by atoms with Crippen LogP contribution in [0.3, 0.4) is 0 Å². The van der Waals surface area contributed by atoms with Gasteiger partial charge in [-0.3, -0.25) is 10.1 Å². The Balaban J connectivity index is -0.0000000683. The highest BCUT2D eigenvalue weighted by molar-refractivity contribution is 7.07. The van der Waals surface area contributed by atoms with Gasteiger partial charge in [-0.2, -0.15) is 31.8 Å². The van der Waals surface area contributed by atoms with Gasteiger partial charge in [0.05, 0.1) is 30.6 Å². The van der Waals surface area contributed by atoms with Crippen LogP contribution in [0.25, 0.3) is 0 Å². The SMILES string of the molecule is CC(C)C.CC(C)C.CC(C)C.CC(C)C.CC(C)C.CC(C)C.CC(C)C.CC(C)C.CC(C)C.CC(C)C.CC(C)C.CC(C)c1cn[nH]n1.c1ccncc1.c1ccoc1.c1ccsc1.c1cn[nH]c1.c1cnoc1. The first-order chi connectivity index (χ1) is 35.9. The number of nitrogens with zero attached hydrogens (tertiary/aromatic N) is 5. The number of hydrogen-bond acceptors (Lipinski definition) is 8. The molecule has 0 aliphatic carbocycles. The molecule has 0 amide bonds. The summed E-state index contributed by atoms with van der Waals surface area (Å²) >= 11 is 1.71. The molecule has 0 fully saturated rings. The number of rotatable bonds is 1.